The summed E-state index contributed by atoms with van der Waals surface area (Å²) in [6.45, 7) is 8.09. The summed E-state index contributed by atoms with van der Waals surface area (Å²) in [5.41, 5.74) is 2.62. The first-order valence-electron chi connectivity index (χ1n) is 13.5. The Kier molecular flexibility index (Phi) is 13.0. The fourth-order valence-corrected chi connectivity index (χ4v) is 3.61. The van der Waals surface area contributed by atoms with Crippen molar-refractivity contribution in [3.63, 3.8) is 0 Å². The Labute approximate surface area is 241 Å². The van der Waals surface area contributed by atoms with Crippen LogP contribution in [-0.4, -0.2) is 38.0 Å². The van der Waals surface area contributed by atoms with Crippen molar-refractivity contribution in [2.75, 3.05) is 19.8 Å². The number of carbonyl (C=O) groups is 2. The molecule has 0 spiro atoms. The number of aliphatic imine (C=N–C) groups is 1. The minimum Gasteiger partial charge on any atom is -0.494 e. The standard InChI is InChI=1S/C35H33NO5/c1-3-34(37)40-24-10-5-9-23-39-33-20-15-28(16-21-33)12-6-7-13-29-14-17-31-27-32(19-18-30(31)26-29)36-22-8-11-25-41-35(38)4-2/h3-4,14-22,26-27H,1-2,5,8-11,23-25H2. The van der Waals surface area contributed by atoms with Gasteiger partial charge in [-0.1, -0.05) is 37.1 Å². The molecule has 0 amide bonds. The normalized spacial score (nSPS) is 10.1. The van der Waals surface area contributed by atoms with Crippen molar-refractivity contribution in [3.8, 4) is 29.4 Å². The van der Waals surface area contributed by atoms with Crippen molar-refractivity contribution in [3.05, 3.63) is 97.1 Å². The Bertz CT molecular complexity index is 1500. The van der Waals surface area contributed by atoms with Crippen LogP contribution in [0.4, 0.5) is 5.69 Å². The van der Waals surface area contributed by atoms with Crippen LogP contribution < -0.4 is 4.74 Å². The number of hydrogen-bond donors (Lipinski definition) is 0. The molecule has 3 rings (SSSR count). The Morgan fingerprint density at radius 2 is 1.32 bits per heavy atom. The van der Waals surface area contributed by atoms with Crippen LogP contribution in [0.3, 0.4) is 0 Å². The zero-order chi connectivity index (χ0) is 29.1. The third kappa shape index (κ3) is 11.7. The molecular weight excluding hydrogens is 514 g/mol. The van der Waals surface area contributed by atoms with Crippen LogP contribution in [-0.2, 0) is 19.1 Å². The van der Waals surface area contributed by atoms with E-state index in [1.165, 1.54) is 6.08 Å². The molecule has 0 radical (unpaired) electrons. The van der Waals surface area contributed by atoms with E-state index in [9.17, 15) is 9.59 Å². The molecule has 0 saturated carbocycles. The highest BCUT2D eigenvalue weighted by atomic mass is 16.5. The first-order chi connectivity index (χ1) is 20.1. The van der Waals surface area contributed by atoms with Gasteiger partial charge >= 0.3 is 11.9 Å². The highest BCUT2D eigenvalue weighted by Gasteiger charge is 1.99. The van der Waals surface area contributed by atoms with Crippen LogP contribution in [0.2, 0.25) is 0 Å². The Hall–Kier alpha value is -5.07. The van der Waals surface area contributed by atoms with Gasteiger partial charge in [0.15, 0.2) is 0 Å². The van der Waals surface area contributed by atoms with E-state index in [0.29, 0.717) is 26.2 Å². The summed E-state index contributed by atoms with van der Waals surface area (Å²) < 4.78 is 15.7. The molecule has 0 aliphatic heterocycles. The molecule has 0 aliphatic carbocycles. The van der Waals surface area contributed by atoms with Crippen LogP contribution in [0.15, 0.2) is 91.0 Å². The minimum absolute atomic E-state index is 0.352. The van der Waals surface area contributed by atoms with Gasteiger partial charge in [-0.25, -0.2) is 9.59 Å². The third-order valence-electron chi connectivity index (χ3n) is 5.75. The molecule has 0 saturated heterocycles. The second-order valence-electron chi connectivity index (χ2n) is 8.88. The number of hydrogen-bond acceptors (Lipinski definition) is 6. The maximum absolute atomic E-state index is 11.0. The van der Waals surface area contributed by atoms with Gasteiger partial charge in [-0.2, -0.15) is 0 Å². The van der Waals surface area contributed by atoms with Gasteiger partial charge in [0.05, 0.1) is 25.5 Å². The Morgan fingerprint density at radius 3 is 2.05 bits per heavy atom. The van der Waals surface area contributed by atoms with E-state index in [-0.39, 0.29) is 5.97 Å². The number of benzene rings is 3. The lowest BCUT2D eigenvalue weighted by molar-refractivity contribution is -0.138. The zero-order valence-electron chi connectivity index (χ0n) is 23.1. The smallest absolute Gasteiger partial charge is 0.330 e. The van der Waals surface area contributed by atoms with E-state index in [0.717, 1.165) is 65.1 Å². The summed E-state index contributed by atoms with van der Waals surface area (Å²) >= 11 is 0. The minimum atomic E-state index is -0.406. The predicted octanol–water partition coefficient (Wildman–Crippen LogP) is 6.73. The molecule has 0 aliphatic rings. The predicted molar refractivity (Wildman–Crippen MR) is 163 cm³/mol. The number of esters is 2. The summed E-state index contributed by atoms with van der Waals surface area (Å²) in [5, 5.41) is 2.15. The van der Waals surface area contributed by atoms with E-state index in [1.807, 2.05) is 66.9 Å². The summed E-state index contributed by atoms with van der Waals surface area (Å²) in [6, 6.07) is 19.6. The van der Waals surface area contributed by atoms with Gasteiger partial charge in [-0.15, -0.1) is 0 Å². The number of carbonyl (C=O) groups excluding carboxylic acids is 2. The van der Waals surface area contributed by atoms with Gasteiger partial charge < -0.3 is 14.2 Å². The fourth-order valence-electron chi connectivity index (χ4n) is 3.61. The van der Waals surface area contributed by atoms with Crippen molar-refractivity contribution in [2.24, 2.45) is 4.99 Å². The number of fused-ring (bicyclic) bond motifs is 1. The third-order valence-corrected chi connectivity index (χ3v) is 5.75. The van der Waals surface area contributed by atoms with Crippen molar-refractivity contribution in [1.29, 1.82) is 0 Å². The van der Waals surface area contributed by atoms with Crippen LogP contribution in [0, 0.1) is 23.7 Å². The van der Waals surface area contributed by atoms with Crippen LogP contribution in [0.25, 0.3) is 10.8 Å². The molecule has 3 aromatic carbocycles. The van der Waals surface area contributed by atoms with E-state index in [4.69, 9.17) is 14.2 Å². The fraction of sp³-hybridized carbons (Fsp3) is 0.229. The topological polar surface area (TPSA) is 74.2 Å². The highest BCUT2D eigenvalue weighted by Crippen LogP contribution is 2.22. The van der Waals surface area contributed by atoms with Crippen LogP contribution in [0.5, 0.6) is 5.75 Å². The Balaban J connectivity index is 1.43. The van der Waals surface area contributed by atoms with E-state index in [1.54, 1.807) is 0 Å². The van der Waals surface area contributed by atoms with Crippen molar-refractivity contribution >= 4 is 34.6 Å². The van der Waals surface area contributed by atoms with E-state index >= 15 is 0 Å². The van der Waals surface area contributed by atoms with Crippen molar-refractivity contribution < 1.29 is 23.8 Å². The first kappa shape index (κ1) is 30.5. The Morgan fingerprint density at radius 1 is 0.707 bits per heavy atom. The van der Waals surface area contributed by atoms with Gasteiger partial charge in [-0.3, -0.25) is 4.99 Å². The first-order valence-corrected chi connectivity index (χ1v) is 13.5. The van der Waals surface area contributed by atoms with Gasteiger partial charge in [0.25, 0.3) is 0 Å². The van der Waals surface area contributed by atoms with E-state index < -0.39 is 5.97 Å². The molecule has 6 heteroatoms. The average molecular weight is 548 g/mol. The second-order valence-corrected chi connectivity index (χ2v) is 8.88. The monoisotopic (exact) mass is 547 g/mol. The molecule has 0 heterocycles. The second kappa shape index (κ2) is 17.5. The molecule has 0 aromatic heterocycles. The molecule has 0 unspecified atom stereocenters. The highest BCUT2D eigenvalue weighted by molar-refractivity contribution is 5.87. The molecule has 0 atom stereocenters. The lowest BCUT2D eigenvalue weighted by Crippen LogP contribution is -2.03. The number of rotatable bonds is 14. The number of unbranched alkanes of at least 4 members (excludes halogenated alkanes) is 3. The summed E-state index contributed by atoms with van der Waals surface area (Å²) in [4.78, 5) is 26.5. The molecule has 6 nitrogen and oxygen atoms in total. The van der Waals surface area contributed by atoms with E-state index in [2.05, 4.69) is 41.8 Å². The molecule has 0 bridgehead atoms. The lowest BCUT2D eigenvalue weighted by atomic mass is 10.1. The van der Waals surface area contributed by atoms with Gasteiger partial charge in [0.1, 0.15) is 5.75 Å². The molecule has 208 valence electrons. The zero-order valence-corrected chi connectivity index (χ0v) is 23.1. The SMILES string of the molecule is C=CC(=O)OCCCC=Nc1ccc2cc(C#CC#Cc3ccc(OCCCCCOC(=O)C=C)cc3)ccc2c1. The van der Waals surface area contributed by atoms with Crippen LogP contribution >= 0.6 is 0 Å². The number of nitrogens with zero attached hydrogens (tertiary/aromatic N) is 1. The van der Waals surface area contributed by atoms with Gasteiger partial charge in [-0.05, 0) is 103 Å². The summed E-state index contributed by atoms with van der Waals surface area (Å²) in [7, 11) is 0. The average Bonchev–Trinajstić information content (AvgIpc) is 3.00. The van der Waals surface area contributed by atoms with Gasteiger partial charge in [0.2, 0.25) is 0 Å². The quantitative estimate of drug-likeness (QED) is 0.0735. The molecular formula is C35H33NO5. The van der Waals surface area contributed by atoms with Crippen molar-refractivity contribution in [2.45, 2.75) is 32.1 Å². The maximum Gasteiger partial charge on any atom is 0.330 e. The molecule has 41 heavy (non-hydrogen) atoms. The maximum atomic E-state index is 11.0. The van der Waals surface area contributed by atoms with Crippen LogP contribution in [0.1, 0.15) is 43.2 Å². The summed E-state index contributed by atoms with van der Waals surface area (Å²) in [6.07, 6.45) is 8.18. The molecule has 3 aromatic rings. The molecule has 0 N–H and O–H groups in total. The largest absolute Gasteiger partial charge is 0.494 e. The lowest BCUT2D eigenvalue weighted by Gasteiger charge is -2.06. The number of ether oxygens (including phenoxy) is 3. The van der Waals surface area contributed by atoms with Gasteiger partial charge in [0, 0.05) is 29.5 Å². The van der Waals surface area contributed by atoms with Crippen molar-refractivity contribution in [1.82, 2.24) is 0 Å². The summed E-state index contributed by atoms with van der Waals surface area (Å²) in [5.74, 6) is 12.0. The molecule has 0 fully saturated rings.